The number of ether oxygens (including phenoxy) is 2. The Morgan fingerprint density at radius 2 is 2.25 bits per heavy atom. The number of imidazole rings is 1. The number of morpholine rings is 1. The van der Waals surface area contributed by atoms with Crippen molar-refractivity contribution in [3.05, 3.63) is 24.3 Å². The predicted molar refractivity (Wildman–Crippen MR) is 74.7 cm³/mol. The molecule has 2 aromatic rings. The molecular formula is C14H17N3O3. The van der Waals surface area contributed by atoms with Gasteiger partial charge in [-0.1, -0.05) is 12.1 Å². The third kappa shape index (κ3) is 2.12. The SMILES string of the molecule is COC(=O)C1CN(c2nc3ccccc3n2C)CCO1. The highest BCUT2D eigenvalue weighted by Crippen LogP contribution is 2.22. The first-order chi connectivity index (χ1) is 9.70. The van der Waals surface area contributed by atoms with Crippen LogP contribution in [0, 0.1) is 0 Å². The monoisotopic (exact) mass is 275 g/mol. The topological polar surface area (TPSA) is 56.6 Å². The third-order valence-corrected chi connectivity index (χ3v) is 3.58. The molecule has 0 spiro atoms. The number of carbonyl (C=O) groups is 1. The Morgan fingerprint density at radius 3 is 3.00 bits per heavy atom. The van der Waals surface area contributed by atoms with Gasteiger partial charge < -0.3 is 18.9 Å². The molecule has 106 valence electrons. The number of esters is 1. The van der Waals surface area contributed by atoms with Crippen LogP contribution < -0.4 is 4.90 Å². The smallest absolute Gasteiger partial charge is 0.336 e. The quantitative estimate of drug-likeness (QED) is 0.764. The maximum Gasteiger partial charge on any atom is 0.336 e. The lowest BCUT2D eigenvalue weighted by Gasteiger charge is -2.32. The fraction of sp³-hybridized carbons (Fsp3) is 0.429. The van der Waals surface area contributed by atoms with Gasteiger partial charge >= 0.3 is 5.97 Å². The second-order valence-electron chi connectivity index (χ2n) is 4.79. The molecule has 0 aliphatic carbocycles. The van der Waals surface area contributed by atoms with E-state index in [1.807, 2.05) is 35.9 Å². The van der Waals surface area contributed by atoms with E-state index in [0.717, 1.165) is 17.0 Å². The zero-order valence-electron chi connectivity index (χ0n) is 11.6. The summed E-state index contributed by atoms with van der Waals surface area (Å²) in [7, 11) is 3.35. The van der Waals surface area contributed by atoms with Crippen LogP contribution in [0.15, 0.2) is 24.3 Å². The molecule has 6 heteroatoms. The van der Waals surface area contributed by atoms with Crippen LogP contribution in [0.1, 0.15) is 0 Å². The zero-order valence-corrected chi connectivity index (χ0v) is 11.6. The van der Waals surface area contributed by atoms with Gasteiger partial charge in [0, 0.05) is 13.6 Å². The highest BCUT2D eigenvalue weighted by atomic mass is 16.6. The number of carbonyl (C=O) groups excluding carboxylic acids is 1. The first kappa shape index (κ1) is 12.9. The van der Waals surface area contributed by atoms with Crippen molar-refractivity contribution in [1.29, 1.82) is 0 Å². The average Bonchev–Trinajstić information content (AvgIpc) is 2.84. The number of methoxy groups -OCH3 is 1. The standard InChI is InChI=1S/C14H17N3O3/c1-16-11-6-4-3-5-10(11)15-14(16)17-7-8-20-12(9-17)13(18)19-2/h3-6,12H,7-9H2,1-2H3. The number of rotatable bonds is 2. The number of benzene rings is 1. The van der Waals surface area contributed by atoms with E-state index in [-0.39, 0.29) is 5.97 Å². The van der Waals surface area contributed by atoms with Gasteiger partial charge in [0.05, 0.1) is 31.3 Å². The molecule has 0 radical (unpaired) electrons. The van der Waals surface area contributed by atoms with Gasteiger partial charge in [-0.05, 0) is 12.1 Å². The summed E-state index contributed by atoms with van der Waals surface area (Å²) < 4.78 is 12.2. The van der Waals surface area contributed by atoms with Gasteiger partial charge in [-0.2, -0.15) is 0 Å². The lowest BCUT2D eigenvalue weighted by molar-refractivity contribution is -0.154. The van der Waals surface area contributed by atoms with E-state index in [4.69, 9.17) is 9.47 Å². The number of hydrogen-bond acceptors (Lipinski definition) is 5. The summed E-state index contributed by atoms with van der Waals surface area (Å²) in [5, 5.41) is 0. The van der Waals surface area contributed by atoms with Gasteiger partial charge in [-0.25, -0.2) is 9.78 Å². The fourth-order valence-electron chi connectivity index (χ4n) is 2.52. The summed E-state index contributed by atoms with van der Waals surface area (Å²) >= 11 is 0. The Kier molecular flexibility index (Phi) is 3.31. The first-order valence-corrected chi connectivity index (χ1v) is 6.56. The van der Waals surface area contributed by atoms with Crippen molar-refractivity contribution in [3.8, 4) is 0 Å². The van der Waals surface area contributed by atoms with Crippen molar-refractivity contribution in [2.75, 3.05) is 31.7 Å². The maximum absolute atomic E-state index is 11.6. The molecule has 6 nitrogen and oxygen atoms in total. The molecule has 2 heterocycles. The van der Waals surface area contributed by atoms with Gasteiger partial charge in [-0.3, -0.25) is 0 Å². The Hall–Kier alpha value is -2.08. The minimum atomic E-state index is -0.548. The minimum absolute atomic E-state index is 0.339. The lowest BCUT2D eigenvalue weighted by atomic mass is 10.3. The van der Waals surface area contributed by atoms with Crippen LogP contribution >= 0.6 is 0 Å². The average molecular weight is 275 g/mol. The van der Waals surface area contributed by atoms with E-state index in [1.54, 1.807) is 0 Å². The van der Waals surface area contributed by atoms with Crippen molar-refractivity contribution >= 4 is 23.0 Å². The van der Waals surface area contributed by atoms with Gasteiger partial charge in [0.1, 0.15) is 0 Å². The summed E-state index contributed by atoms with van der Waals surface area (Å²) in [6.07, 6.45) is -0.548. The van der Waals surface area contributed by atoms with Crippen LogP contribution in [0.25, 0.3) is 11.0 Å². The van der Waals surface area contributed by atoms with E-state index >= 15 is 0 Å². The number of para-hydroxylation sites is 2. The summed E-state index contributed by atoms with van der Waals surface area (Å²) in [6.45, 7) is 1.66. The van der Waals surface area contributed by atoms with E-state index in [9.17, 15) is 4.79 Å². The normalized spacial score (nSPS) is 19.3. The van der Waals surface area contributed by atoms with Gasteiger partial charge in [0.25, 0.3) is 0 Å². The van der Waals surface area contributed by atoms with Crippen molar-refractivity contribution in [2.45, 2.75) is 6.10 Å². The summed E-state index contributed by atoms with van der Waals surface area (Å²) in [5.74, 6) is 0.511. The van der Waals surface area contributed by atoms with E-state index in [2.05, 4.69) is 9.88 Å². The molecule has 1 saturated heterocycles. The molecule has 1 aliphatic rings. The van der Waals surface area contributed by atoms with Crippen LogP contribution in [-0.2, 0) is 21.3 Å². The van der Waals surface area contributed by atoms with E-state index < -0.39 is 6.10 Å². The van der Waals surface area contributed by atoms with Gasteiger partial charge in [-0.15, -0.1) is 0 Å². The summed E-state index contributed by atoms with van der Waals surface area (Å²) in [6, 6.07) is 7.97. The highest BCUT2D eigenvalue weighted by molar-refractivity contribution is 5.79. The lowest BCUT2D eigenvalue weighted by Crippen LogP contribution is -2.47. The van der Waals surface area contributed by atoms with Crippen LogP contribution in [0.5, 0.6) is 0 Å². The number of nitrogens with zero attached hydrogens (tertiary/aromatic N) is 3. The second-order valence-corrected chi connectivity index (χ2v) is 4.79. The van der Waals surface area contributed by atoms with Gasteiger partial charge in [0.2, 0.25) is 5.95 Å². The Bertz CT molecular complexity index is 638. The molecule has 0 bridgehead atoms. The maximum atomic E-state index is 11.6. The fourth-order valence-corrected chi connectivity index (χ4v) is 2.52. The van der Waals surface area contributed by atoms with Crippen molar-refractivity contribution in [1.82, 2.24) is 9.55 Å². The molecule has 3 rings (SSSR count). The van der Waals surface area contributed by atoms with Crippen LogP contribution in [0.4, 0.5) is 5.95 Å². The van der Waals surface area contributed by atoms with E-state index in [1.165, 1.54) is 7.11 Å². The molecule has 1 fully saturated rings. The molecule has 0 saturated carbocycles. The van der Waals surface area contributed by atoms with Crippen LogP contribution in [0.2, 0.25) is 0 Å². The van der Waals surface area contributed by atoms with Crippen LogP contribution in [0.3, 0.4) is 0 Å². The molecule has 1 aromatic heterocycles. The molecule has 1 aromatic carbocycles. The zero-order chi connectivity index (χ0) is 14.1. The predicted octanol–water partition coefficient (Wildman–Crippen LogP) is 0.951. The molecular weight excluding hydrogens is 258 g/mol. The molecule has 0 amide bonds. The number of fused-ring (bicyclic) bond motifs is 1. The molecule has 20 heavy (non-hydrogen) atoms. The number of hydrogen-bond donors (Lipinski definition) is 0. The molecule has 1 aliphatic heterocycles. The van der Waals surface area contributed by atoms with Crippen molar-refractivity contribution in [3.63, 3.8) is 0 Å². The number of aromatic nitrogens is 2. The largest absolute Gasteiger partial charge is 0.467 e. The Balaban J connectivity index is 1.90. The van der Waals surface area contributed by atoms with Gasteiger partial charge in [0.15, 0.2) is 6.10 Å². The molecule has 0 N–H and O–H groups in total. The number of aryl methyl sites for hydroxylation is 1. The third-order valence-electron chi connectivity index (χ3n) is 3.58. The van der Waals surface area contributed by atoms with Crippen molar-refractivity contribution < 1.29 is 14.3 Å². The number of anilines is 1. The van der Waals surface area contributed by atoms with E-state index in [0.29, 0.717) is 19.7 Å². The minimum Gasteiger partial charge on any atom is -0.467 e. The summed E-state index contributed by atoms with van der Waals surface area (Å²) in [5.41, 5.74) is 2.02. The summed E-state index contributed by atoms with van der Waals surface area (Å²) in [4.78, 5) is 18.3. The Labute approximate surface area is 116 Å². The molecule has 1 unspecified atom stereocenters. The second kappa shape index (κ2) is 5.13. The van der Waals surface area contributed by atoms with Crippen molar-refractivity contribution in [2.24, 2.45) is 7.05 Å². The highest BCUT2D eigenvalue weighted by Gasteiger charge is 2.29. The van der Waals surface area contributed by atoms with Crippen LogP contribution in [-0.4, -0.2) is 48.4 Å². The first-order valence-electron chi connectivity index (χ1n) is 6.56. The Morgan fingerprint density at radius 1 is 1.45 bits per heavy atom. The molecule has 1 atom stereocenters.